The first-order chi connectivity index (χ1) is 13.9. The number of benzene rings is 2. The molecule has 2 aromatic heterocycles. The third-order valence-electron chi connectivity index (χ3n) is 4.02. The first-order valence-electron chi connectivity index (χ1n) is 8.44. The van der Waals surface area contributed by atoms with Gasteiger partial charge in [0.1, 0.15) is 5.82 Å². The average molecular weight is 433 g/mol. The lowest BCUT2D eigenvalue weighted by atomic mass is 10.2. The van der Waals surface area contributed by atoms with Crippen LogP contribution in [0.2, 0.25) is 5.02 Å². The Labute approximate surface area is 170 Å². The van der Waals surface area contributed by atoms with Gasteiger partial charge in [-0.05, 0) is 54.1 Å². The van der Waals surface area contributed by atoms with Crippen molar-refractivity contribution in [3.63, 3.8) is 0 Å². The van der Waals surface area contributed by atoms with Crippen LogP contribution < -0.4 is 5.32 Å². The minimum atomic E-state index is -4.05. The SMILES string of the molecule is O=S(=O)(c1ccc(Cl)cc1)n1nc(-c2ccco2)nc1NCc1ccc(F)cc1. The van der Waals surface area contributed by atoms with Gasteiger partial charge >= 0.3 is 0 Å². The van der Waals surface area contributed by atoms with Crippen LogP contribution in [0.3, 0.4) is 0 Å². The molecule has 0 aliphatic rings. The second-order valence-corrected chi connectivity index (χ2v) is 8.22. The van der Waals surface area contributed by atoms with Crippen molar-refractivity contribution in [3.05, 3.63) is 83.3 Å². The third-order valence-corrected chi connectivity index (χ3v) is 5.85. The molecule has 10 heteroatoms. The summed E-state index contributed by atoms with van der Waals surface area (Å²) in [6.45, 7) is 0.215. The molecule has 4 rings (SSSR count). The molecular weight excluding hydrogens is 419 g/mol. The number of aromatic nitrogens is 3. The van der Waals surface area contributed by atoms with E-state index < -0.39 is 10.0 Å². The molecule has 4 aromatic rings. The van der Waals surface area contributed by atoms with Crippen LogP contribution in [0.1, 0.15) is 5.56 Å². The molecule has 0 bridgehead atoms. The van der Waals surface area contributed by atoms with Crippen molar-refractivity contribution in [1.29, 1.82) is 0 Å². The van der Waals surface area contributed by atoms with Gasteiger partial charge in [-0.25, -0.2) is 4.39 Å². The van der Waals surface area contributed by atoms with Gasteiger partial charge in [-0.15, -0.1) is 9.19 Å². The number of hydrogen-bond donors (Lipinski definition) is 1. The molecule has 0 spiro atoms. The van der Waals surface area contributed by atoms with Crippen LogP contribution in [0, 0.1) is 5.82 Å². The van der Waals surface area contributed by atoms with Gasteiger partial charge in [0, 0.05) is 11.6 Å². The highest BCUT2D eigenvalue weighted by Crippen LogP contribution is 2.24. The predicted molar refractivity (Wildman–Crippen MR) is 105 cm³/mol. The molecule has 2 aromatic carbocycles. The topological polar surface area (TPSA) is 90.0 Å². The molecule has 0 saturated carbocycles. The van der Waals surface area contributed by atoms with Gasteiger partial charge in [-0.3, -0.25) is 0 Å². The highest BCUT2D eigenvalue weighted by atomic mass is 35.5. The number of nitrogens with one attached hydrogen (secondary N) is 1. The van der Waals surface area contributed by atoms with Gasteiger partial charge in [-0.2, -0.15) is 13.4 Å². The average Bonchev–Trinajstić information content (AvgIpc) is 3.38. The van der Waals surface area contributed by atoms with E-state index in [4.69, 9.17) is 16.0 Å². The van der Waals surface area contributed by atoms with Crippen molar-refractivity contribution < 1.29 is 17.2 Å². The number of nitrogens with zero attached hydrogens (tertiary/aromatic N) is 3. The summed E-state index contributed by atoms with van der Waals surface area (Å²) >= 11 is 5.86. The molecule has 0 saturated heterocycles. The Morgan fingerprint density at radius 3 is 2.45 bits per heavy atom. The van der Waals surface area contributed by atoms with Gasteiger partial charge in [0.15, 0.2) is 5.76 Å². The summed E-state index contributed by atoms with van der Waals surface area (Å²) in [6.07, 6.45) is 1.44. The maximum Gasteiger partial charge on any atom is 0.286 e. The van der Waals surface area contributed by atoms with Crippen LogP contribution in [0.25, 0.3) is 11.6 Å². The van der Waals surface area contributed by atoms with Gasteiger partial charge in [0.2, 0.25) is 11.8 Å². The van der Waals surface area contributed by atoms with E-state index in [1.807, 2.05) is 0 Å². The summed E-state index contributed by atoms with van der Waals surface area (Å²) in [7, 11) is -4.05. The van der Waals surface area contributed by atoms with Crippen molar-refractivity contribution in [3.8, 4) is 11.6 Å². The van der Waals surface area contributed by atoms with E-state index >= 15 is 0 Å². The highest BCUT2D eigenvalue weighted by molar-refractivity contribution is 7.90. The lowest BCUT2D eigenvalue weighted by Gasteiger charge is -2.09. The zero-order chi connectivity index (χ0) is 20.4. The lowest BCUT2D eigenvalue weighted by Crippen LogP contribution is -2.18. The molecule has 148 valence electrons. The fourth-order valence-corrected chi connectivity index (χ4v) is 3.90. The van der Waals surface area contributed by atoms with Crippen LogP contribution in [-0.4, -0.2) is 22.6 Å². The quantitative estimate of drug-likeness (QED) is 0.491. The Morgan fingerprint density at radius 2 is 1.79 bits per heavy atom. The zero-order valence-electron chi connectivity index (χ0n) is 14.8. The zero-order valence-corrected chi connectivity index (χ0v) is 16.4. The Balaban J connectivity index is 1.73. The molecule has 0 radical (unpaired) electrons. The molecule has 0 amide bonds. The molecular formula is C19H14ClFN4O3S. The van der Waals surface area contributed by atoms with Crippen molar-refractivity contribution in [1.82, 2.24) is 14.2 Å². The highest BCUT2D eigenvalue weighted by Gasteiger charge is 2.25. The minimum Gasteiger partial charge on any atom is -0.461 e. The molecule has 0 aliphatic carbocycles. The molecule has 1 N–H and O–H groups in total. The first kappa shape index (κ1) is 19.2. The van der Waals surface area contributed by atoms with E-state index in [1.54, 1.807) is 24.3 Å². The van der Waals surface area contributed by atoms with Crippen molar-refractivity contribution in [2.75, 3.05) is 5.32 Å². The monoisotopic (exact) mass is 432 g/mol. The normalized spacial score (nSPS) is 11.5. The fourth-order valence-electron chi connectivity index (χ4n) is 2.57. The molecule has 2 heterocycles. The van der Waals surface area contributed by atoms with Crippen LogP contribution in [0.5, 0.6) is 0 Å². The molecule has 29 heavy (non-hydrogen) atoms. The Hall–Kier alpha value is -3.17. The summed E-state index contributed by atoms with van der Waals surface area (Å²) in [5.41, 5.74) is 0.740. The van der Waals surface area contributed by atoms with Crippen molar-refractivity contribution in [2.45, 2.75) is 11.4 Å². The summed E-state index contributed by atoms with van der Waals surface area (Å²) in [5, 5.41) is 7.47. The van der Waals surface area contributed by atoms with Crippen LogP contribution in [0.4, 0.5) is 10.3 Å². The molecule has 0 aliphatic heterocycles. The predicted octanol–water partition coefficient (Wildman–Crippen LogP) is 4.18. The van der Waals surface area contributed by atoms with E-state index in [0.717, 1.165) is 9.65 Å². The van der Waals surface area contributed by atoms with E-state index in [9.17, 15) is 12.8 Å². The van der Waals surface area contributed by atoms with Gasteiger partial charge in [0.25, 0.3) is 10.0 Å². The van der Waals surface area contributed by atoms with Crippen molar-refractivity contribution >= 4 is 27.6 Å². The van der Waals surface area contributed by atoms with Gasteiger partial charge in [-0.1, -0.05) is 23.7 Å². The number of rotatable bonds is 6. The molecule has 7 nitrogen and oxygen atoms in total. The third kappa shape index (κ3) is 4.01. The van der Waals surface area contributed by atoms with E-state index in [-0.39, 0.29) is 29.0 Å². The van der Waals surface area contributed by atoms with Crippen LogP contribution in [0.15, 0.2) is 76.2 Å². The van der Waals surface area contributed by atoms with E-state index in [2.05, 4.69) is 15.4 Å². The van der Waals surface area contributed by atoms with Crippen molar-refractivity contribution in [2.24, 2.45) is 0 Å². The first-order valence-corrected chi connectivity index (χ1v) is 10.3. The Kier molecular flexibility index (Phi) is 5.08. The second-order valence-electron chi connectivity index (χ2n) is 6.02. The molecule has 0 atom stereocenters. The van der Waals surface area contributed by atoms with E-state index in [0.29, 0.717) is 10.8 Å². The second kappa shape index (κ2) is 7.69. The van der Waals surface area contributed by atoms with Gasteiger partial charge in [0.05, 0.1) is 11.2 Å². The number of halogens is 2. The number of anilines is 1. The maximum absolute atomic E-state index is 13.1. The summed E-state index contributed by atoms with van der Waals surface area (Å²) in [6, 6.07) is 14.8. The van der Waals surface area contributed by atoms with Crippen LogP contribution >= 0.6 is 11.6 Å². The minimum absolute atomic E-state index is 0.00243. The largest absolute Gasteiger partial charge is 0.461 e. The summed E-state index contributed by atoms with van der Waals surface area (Å²) in [5.74, 6) is 0.0621. The fraction of sp³-hybridized carbons (Fsp3) is 0.0526. The van der Waals surface area contributed by atoms with Gasteiger partial charge < -0.3 is 9.73 Å². The molecule has 0 fully saturated rings. The summed E-state index contributed by atoms with van der Waals surface area (Å²) < 4.78 is 45.4. The molecule has 0 unspecified atom stereocenters. The summed E-state index contributed by atoms with van der Waals surface area (Å²) in [4.78, 5) is 4.26. The lowest BCUT2D eigenvalue weighted by molar-refractivity contribution is 0.573. The smallest absolute Gasteiger partial charge is 0.286 e. The van der Waals surface area contributed by atoms with Crippen LogP contribution in [-0.2, 0) is 16.6 Å². The van der Waals surface area contributed by atoms with E-state index in [1.165, 1.54) is 42.7 Å². The Morgan fingerprint density at radius 1 is 1.07 bits per heavy atom. The Bertz CT molecular complexity index is 1220. The maximum atomic E-state index is 13.1. The number of hydrogen-bond acceptors (Lipinski definition) is 6. The number of furan rings is 1. The standard InChI is InChI=1S/C19H14ClFN4O3S/c20-14-5-9-16(10-6-14)29(26,27)25-19(22-12-13-3-7-15(21)8-4-13)23-18(24-25)17-2-1-11-28-17/h1-11H,12H2,(H,22,23,24).